The van der Waals surface area contributed by atoms with E-state index in [1.807, 2.05) is 7.05 Å². The molecule has 72 valence electrons. The summed E-state index contributed by atoms with van der Waals surface area (Å²) in [6.45, 7) is 0. The second kappa shape index (κ2) is 3.68. The van der Waals surface area contributed by atoms with Crippen molar-refractivity contribution in [1.29, 1.82) is 0 Å². The van der Waals surface area contributed by atoms with E-state index in [1.165, 1.54) is 25.7 Å². The molecule has 1 saturated carbocycles. The number of guanidine groups is 1. The topological polar surface area (TPSA) is 36.9 Å². The molecule has 0 unspecified atom stereocenters. The van der Waals surface area contributed by atoms with Crippen LogP contribution in [0.1, 0.15) is 25.7 Å². The summed E-state index contributed by atoms with van der Waals surface area (Å²) in [5.74, 6) is 0.814. The van der Waals surface area contributed by atoms with Crippen LogP contribution in [-0.2, 0) is 4.84 Å². The lowest BCUT2D eigenvalue weighted by Crippen LogP contribution is -2.38. The van der Waals surface area contributed by atoms with Crippen LogP contribution < -0.4 is 5.32 Å². The molecule has 4 nitrogen and oxygen atoms in total. The summed E-state index contributed by atoms with van der Waals surface area (Å²) < 4.78 is 0. The number of hydrogen-bond donors (Lipinski definition) is 1. The Labute approximate surface area is 78.2 Å². The van der Waals surface area contributed by atoms with Crippen LogP contribution in [0.3, 0.4) is 0 Å². The van der Waals surface area contributed by atoms with Crippen molar-refractivity contribution in [2.24, 2.45) is 4.99 Å². The molecule has 0 spiro atoms. The average Bonchev–Trinajstić information content (AvgIpc) is 2.61. The van der Waals surface area contributed by atoms with Gasteiger partial charge in [-0.15, -0.1) is 0 Å². The standard InChI is InChI=1S/C9H15N3O/c1-12-9(10-6-7-13-12)11-8-4-2-3-5-8/h6-8H,2-5H2,1H3,(H,10,11). The fourth-order valence-electron chi connectivity index (χ4n) is 1.70. The van der Waals surface area contributed by atoms with Crippen LogP contribution in [-0.4, -0.2) is 24.1 Å². The van der Waals surface area contributed by atoms with E-state index in [9.17, 15) is 0 Å². The minimum atomic E-state index is 0.486. The maximum Gasteiger partial charge on any atom is 0.231 e. The Bertz CT molecular complexity index is 231. The van der Waals surface area contributed by atoms with Crippen molar-refractivity contribution >= 4 is 5.96 Å². The first kappa shape index (κ1) is 8.41. The van der Waals surface area contributed by atoms with Crippen molar-refractivity contribution in [2.75, 3.05) is 7.05 Å². The molecular weight excluding hydrogens is 166 g/mol. The van der Waals surface area contributed by atoms with Gasteiger partial charge in [0.25, 0.3) is 0 Å². The second-order valence-electron chi connectivity index (χ2n) is 3.44. The van der Waals surface area contributed by atoms with Gasteiger partial charge in [0.1, 0.15) is 6.26 Å². The van der Waals surface area contributed by atoms with Gasteiger partial charge < -0.3 is 10.2 Å². The third-order valence-electron chi connectivity index (χ3n) is 2.43. The van der Waals surface area contributed by atoms with Crippen LogP contribution in [0.15, 0.2) is 17.5 Å². The van der Waals surface area contributed by atoms with Crippen LogP contribution in [0.25, 0.3) is 0 Å². The summed E-state index contributed by atoms with van der Waals surface area (Å²) >= 11 is 0. The molecule has 0 aromatic rings. The molecule has 0 aromatic carbocycles. The summed E-state index contributed by atoms with van der Waals surface area (Å²) in [7, 11) is 1.85. The SMILES string of the molecule is CN1OC=CNC1=NC1CCCC1. The molecule has 1 fully saturated rings. The lowest BCUT2D eigenvalue weighted by molar-refractivity contribution is -0.0170. The van der Waals surface area contributed by atoms with Gasteiger partial charge in [-0.1, -0.05) is 12.8 Å². The highest BCUT2D eigenvalue weighted by Crippen LogP contribution is 2.21. The zero-order valence-corrected chi connectivity index (χ0v) is 7.86. The fourth-order valence-corrected chi connectivity index (χ4v) is 1.70. The molecule has 1 N–H and O–H groups in total. The largest absolute Gasteiger partial charge is 0.383 e. The van der Waals surface area contributed by atoms with Gasteiger partial charge >= 0.3 is 0 Å². The molecule has 1 aliphatic carbocycles. The lowest BCUT2D eigenvalue weighted by atomic mass is 10.3. The second-order valence-corrected chi connectivity index (χ2v) is 3.44. The van der Waals surface area contributed by atoms with Gasteiger partial charge in [0.15, 0.2) is 0 Å². The van der Waals surface area contributed by atoms with Crippen LogP contribution in [0, 0.1) is 0 Å². The zero-order chi connectivity index (χ0) is 9.10. The predicted octanol–water partition coefficient (Wildman–Crippen LogP) is 1.22. The Morgan fingerprint density at radius 2 is 2.31 bits per heavy atom. The van der Waals surface area contributed by atoms with Crippen LogP contribution in [0.5, 0.6) is 0 Å². The zero-order valence-electron chi connectivity index (χ0n) is 7.86. The first-order valence-electron chi connectivity index (χ1n) is 4.76. The highest BCUT2D eigenvalue weighted by atomic mass is 16.7. The Morgan fingerprint density at radius 1 is 1.54 bits per heavy atom. The molecule has 0 bridgehead atoms. The Hall–Kier alpha value is -1.19. The molecule has 0 atom stereocenters. The quantitative estimate of drug-likeness (QED) is 0.661. The van der Waals surface area contributed by atoms with Gasteiger partial charge in [0.05, 0.1) is 6.04 Å². The van der Waals surface area contributed by atoms with Crippen LogP contribution in [0.4, 0.5) is 0 Å². The Morgan fingerprint density at radius 3 is 3.00 bits per heavy atom. The number of rotatable bonds is 1. The van der Waals surface area contributed by atoms with E-state index in [2.05, 4.69) is 10.3 Å². The molecule has 1 aliphatic heterocycles. The summed E-state index contributed by atoms with van der Waals surface area (Å²) in [6.07, 6.45) is 8.40. The molecule has 1 heterocycles. The van der Waals surface area contributed by atoms with Crippen molar-refractivity contribution in [3.63, 3.8) is 0 Å². The fraction of sp³-hybridized carbons (Fsp3) is 0.667. The molecular formula is C9H15N3O. The van der Waals surface area contributed by atoms with E-state index in [0.717, 1.165) is 5.96 Å². The first-order valence-corrected chi connectivity index (χ1v) is 4.76. The van der Waals surface area contributed by atoms with E-state index in [-0.39, 0.29) is 0 Å². The van der Waals surface area contributed by atoms with Gasteiger partial charge in [-0.2, -0.15) is 5.06 Å². The molecule has 0 aromatic heterocycles. The smallest absolute Gasteiger partial charge is 0.231 e. The number of nitrogens with zero attached hydrogens (tertiary/aromatic N) is 2. The Balaban J connectivity index is 2.00. The highest BCUT2D eigenvalue weighted by molar-refractivity contribution is 5.80. The minimum Gasteiger partial charge on any atom is -0.383 e. The minimum absolute atomic E-state index is 0.486. The van der Waals surface area contributed by atoms with Gasteiger partial charge in [0.2, 0.25) is 5.96 Å². The van der Waals surface area contributed by atoms with E-state index >= 15 is 0 Å². The predicted molar refractivity (Wildman–Crippen MR) is 50.8 cm³/mol. The van der Waals surface area contributed by atoms with Crippen LogP contribution in [0.2, 0.25) is 0 Å². The number of aliphatic imine (C=N–C) groups is 1. The summed E-state index contributed by atoms with van der Waals surface area (Å²) in [5, 5.41) is 4.72. The Kier molecular flexibility index (Phi) is 2.38. The maximum atomic E-state index is 5.16. The monoisotopic (exact) mass is 181 g/mol. The maximum absolute atomic E-state index is 5.16. The number of nitrogens with one attached hydrogen (secondary N) is 1. The highest BCUT2D eigenvalue weighted by Gasteiger charge is 2.17. The average molecular weight is 181 g/mol. The summed E-state index contributed by atoms with van der Waals surface area (Å²) in [5.41, 5.74) is 0. The van der Waals surface area contributed by atoms with Crippen molar-refractivity contribution in [1.82, 2.24) is 10.4 Å². The van der Waals surface area contributed by atoms with Crippen LogP contribution >= 0.6 is 0 Å². The summed E-state index contributed by atoms with van der Waals surface area (Å²) in [6, 6.07) is 0.486. The van der Waals surface area contributed by atoms with Crippen molar-refractivity contribution < 1.29 is 4.84 Å². The van der Waals surface area contributed by atoms with Gasteiger partial charge in [-0.05, 0) is 12.8 Å². The third kappa shape index (κ3) is 1.94. The van der Waals surface area contributed by atoms with E-state index in [0.29, 0.717) is 6.04 Å². The van der Waals surface area contributed by atoms with Gasteiger partial charge in [0, 0.05) is 13.2 Å². The van der Waals surface area contributed by atoms with Crippen molar-refractivity contribution in [2.45, 2.75) is 31.7 Å². The normalized spacial score (nSPS) is 26.2. The van der Waals surface area contributed by atoms with Gasteiger partial charge in [-0.3, -0.25) is 0 Å². The number of hydroxylamine groups is 2. The third-order valence-corrected chi connectivity index (χ3v) is 2.43. The van der Waals surface area contributed by atoms with E-state index in [1.54, 1.807) is 17.5 Å². The molecule has 2 rings (SSSR count). The lowest BCUT2D eigenvalue weighted by Gasteiger charge is -2.23. The molecule has 0 radical (unpaired) electrons. The molecule has 4 heteroatoms. The van der Waals surface area contributed by atoms with E-state index < -0.39 is 0 Å². The van der Waals surface area contributed by atoms with Crippen molar-refractivity contribution in [3.05, 3.63) is 12.5 Å². The van der Waals surface area contributed by atoms with Crippen molar-refractivity contribution in [3.8, 4) is 0 Å². The molecule has 2 aliphatic rings. The molecule has 0 saturated heterocycles. The van der Waals surface area contributed by atoms with E-state index in [4.69, 9.17) is 4.84 Å². The van der Waals surface area contributed by atoms with Gasteiger partial charge in [-0.25, -0.2) is 4.99 Å². The molecule has 13 heavy (non-hydrogen) atoms. The molecule has 0 amide bonds. The first-order chi connectivity index (χ1) is 6.36. The number of hydrogen-bond acceptors (Lipinski definition) is 2. The summed E-state index contributed by atoms with van der Waals surface area (Å²) in [4.78, 5) is 9.73.